The van der Waals surface area contributed by atoms with Gasteiger partial charge < -0.3 is 20.5 Å². The van der Waals surface area contributed by atoms with E-state index in [2.05, 4.69) is 10.6 Å². The number of anilines is 2. The molecule has 0 aliphatic carbocycles. The molecule has 2 aromatic rings. The molecule has 2 rings (SSSR count). The van der Waals surface area contributed by atoms with Gasteiger partial charge in [0.2, 0.25) is 0 Å². The van der Waals surface area contributed by atoms with Crippen molar-refractivity contribution in [2.45, 2.75) is 13.0 Å². The maximum Gasteiger partial charge on any atom is 0.323 e. The summed E-state index contributed by atoms with van der Waals surface area (Å²) in [4.78, 5) is 11.9. The van der Waals surface area contributed by atoms with Crippen LogP contribution in [0.25, 0.3) is 0 Å². The Morgan fingerprint density at radius 2 is 1.76 bits per heavy atom. The molecule has 110 valence electrons. The lowest BCUT2D eigenvalue weighted by atomic mass is 10.1. The van der Waals surface area contributed by atoms with Gasteiger partial charge in [0, 0.05) is 11.4 Å². The second-order valence-electron chi connectivity index (χ2n) is 4.61. The molecule has 0 spiro atoms. The van der Waals surface area contributed by atoms with Crippen LogP contribution in [0.5, 0.6) is 5.75 Å². The summed E-state index contributed by atoms with van der Waals surface area (Å²) in [6, 6.07) is 13.8. The zero-order valence-electron chi connectivity index (χ0n) is 12.0. The molecule has 0 saturated carbocycles. The van der Waals surface area contributed by atoms with Crippen molar-refractivity contribution in [2.75, 3.05) is 17.7 Å². The second-order valence-corrected chi connectivity index (χ2v) is 4.61. The number of hydrogen-bond acceptors (Lipinski definition) is 3. The Hall–Kier alpha value is -2.53. The molecule has 0 saturated heterocycles. The Kier molecular flexibility index (Phi) is 4.79. The number of ether oxygens (including phenoxy) is 1. The number of aliphatic hydroxyl groups excluding tert-OH is 1. The maximum atomic E-state index is 11.9. The molecule has 21 heavy (non-hydrogen) atoms. The van der Waals surface area contributed by atoms with E-state index in [4.69, 9.17) is 4.74 Å². The van der Waals surface area contributed by atoms with Gasteiger partial charge in [0.15, 0.2) is 0 Å². The number of carbonyl (C=O) groups is 1. The van der Waals surface area contributed by atoms with Crippen LogP contribution in [0.4, 0.5) is 16.2 Å². The predicted molar refractivity (Wildman–Crippen MR) is 82.7 cm³/mol. The number of rotatable bonds is 4. The number of nitrogens with one attached hydrogen (secondary N) is 2. The zero-order valence-corrected chi connectivity index (χ0v) is 12.0. The predicted octanol–water partition coefficient (Wildman–Crippen LogP) is 3.39. The van der Waals surface area contributed by atoms with Gasteiger partial charge in [-0.3, -0.25) is 0 Å². The van der Waals surface area contributed by atoms with Crippen LogP contribution in [0.3, 0.4) is 0 Å². The first-order valence-corrected chi connectivity index (χ1v) is 6.58. The number of methoxy groups -OCH3 is 1. The number of carbonyl (C=O) groups excluding carboxylic acids is 1. The summed E-state index contributed by atoms with van der Waals surface area (Å²) in [5.41, 5.74) is 2.04. The molecule has 5 nitrogen and oxygen atoms in total. The van der Waals surface area contributed by atoms with Gasteiger partial charge in [0.25, 0.3) is 0 Å². The fourth-order valence-electron chi connectivity index (χ4n) is 1.84. The van der Waals surface area contributed by atoms with Crippen LogP contribution in [-0.4, -0.2) is 18.2 Å². The minimum atomic E-state index is -0.573. The summed E-state index contributed by atoms with van der Waals surface area (Å²) in [5, 5.41) is 15.0. The van der Waals surface area contributed by atoms with E-state index in [9.17, 15) is 9.90 Å². The van der Waals surface area contributed by atoms with Crippen molar-refractivity contribution >= 4 is 17.4 Å². The number of amides is 2. The molecule has 0 fully saturated rings. The van der Waals surface area contributed by atoms with E-state index in [1.165, 1.54) is 0 Å². The summed E-state index contributed by atoms with van der Waals surface area (Å²) >= 11 is 0. The highest BCUT2D eigenvalue weighted by atomic mass is 16.5. The molecule has 0 bridgehead atoms. The van der Waals surface area contributed by atoms with Crippen LogP contribution in [0.1, 0.15) is 18.6 Å². The molecule has 1 atom stereocenters. The summed E-state index contributed by atoms with van der Waals surface area (Å²) in [6.45, 7) is 1.68. The summed E-state index contributed by atoms with van der Waals surface area (Å²) in [6.07, 6.45) is -0.573. The smallest absolute Gasteiger partial charge is 0.323 e. The van der Waals surface area contributed by atoms with Gasteiger partial charge in [-0.15, -0.1) is 0 Å². The van der Waals surface area contributed by atoms with Gasteiger partial charge in [0.1, 0.15) is 5.75 Å². The molecule has 2 amide bonds. The average Bonchev–Trinajstić information content (AvgIpc) is 2.48. The summed E-state index contributed by atoms with van der Waals surface area (Å²) in [5.74, 6) is 0.727. The number of hydrogen-bond donors (Lipinski definition) is 3. The number of aliphatic hydroxyl groups is 1. The largest absolute Gasteiger partial charge is 0.497 e. The lowest BCUT2D eigenvalue weighted by molar-refractivity contribution is 0.199. The van der Waals surface area contributed by atoms with Crippen LogP contribution < -0.4 is 15.4 Å². The third kappa shape index (κ3) is 4.22. The average molecular weight is 286 g/mol. The zero-order chi connectivity index (χ0) is 15.2. The first-order valence-electron chi connectivity index (χ1n) is 6.58. The maximum absolute atomic E-state index is 11.9. The van der Waals surface area contributed by atoms with Crippen LogP contribution in [0.15, 0.2) is 48.5 Å². The highest BCUT2D eigenvalue weighted by molar-refractivity contribution is 5.99. The third-order valence-corrected chi connectivity index (χ3v) is 2.97. The molecule has 0 aliphatic heterocycles. The van der Waals surface area contributed by atoms with Crippen molar-refractivity contribution < 1.29 is 14.6 Å². The van der Waals surface area contributed by atoms with E-state index >= 15 is 0 Å². The lowest BCUT2D eigenvalue weighted by Gasteiger charge is -2.10. The molecular weight excluding hydrogens is 268 g/mol. The van der Waals surface area contributed by atoms with Gasteiger partial charge in [-0.25, -0.2) is 4.79 Å². The van der Waals surface area contributed by atoms with Gasteiger partial charge in [-0.2, -0.15) is 0 Å². The highest BCUT2D eigenvalue weighted by Crippen LogP contribution is 2.18. The van der Waals surface area contributed by atoms with Crippen molar-refractivity contribution in [2.24, 2.45) is 0 Å². The summed E-state index contributed by atoms with van der Waals surface area (Å²) < 4.78 is 5.05. The quantitative estimate of drug-likeness (QED) is 0.806. The molecule has 5 heteroatoms. The fourth-order valence-corrected chi connectivity index (χ4v) is 1.84. The van der Waals surface area contributed by atoms with Crippen molar-refractivity contribution in [3.63, 3.8) is 0 Å². The fraction of sp³-hybridized carbons (Fsp3) is 0.188. The first kappa shape index (κ1) is 14.9. The highest BCUT2D eigenvalue weighted by Gasteiger charge is 2.05. The molecule has 0 aliphatic rings. The van der Waals surface area contributed by atoms with Crippen LogP contribution in [-0.2, 0) is 0 Å². The Balaban J connectivity index is 1.99. The topological polar surface area (TPSA) is 70.6 Å². The molecule has 0 heterocycles. The molecule has 0 radical (unpaired) electrons. The lowest BCUT2D eigenvalue weighted by Crippen LogP contribution is -2.19. The first-order chi connectivity index (χ1) is 10.1. The Morgan fingerprint density at radius 3 is 2.38 bits per heavy atom. The van der Waals surface area contributed by atoms with Gasteiger partial charge in [0.05, 0.1) is 13.2 Å². The van der Waals surface area contributed by atoms with Crippen molar-refractivity contribution in [1.29, 1.82) is 0 Å². The van der Waals surface area contributed by atoms with Crippen molar-refractivity contribution in [1.82, 2.24) is 0 Å². The molecule has 3 N–H and O–H groups in total. The van der Waals surface area contributed by atoms with E-state index < -0.39 is 6.10 Å². The molecule has 2 aromatic carbocycles. The van der Waals surface area contributed by atoms with Crippen LogP contribution >= 0.6 is 0 Å². The molecule has 1 unspecified atom stereocenters. The number of benzene rings is 2. The third-order valence-electron chi connectivity index (χ3n) is 2.97. The summed E-state index contributed by atoms with van der Waals surface area (Å²) in [7, 11) is 1.59. The van der Waals surface area contributed by atoms with Crippen molar-refractivity contribution in [3.8, 4) is 5.75 Å². The van der Waals surface area contributed by atoms with E-state index in [0.717, 1.165) is 11.3 Å². The van der Waals surface area contributed by atoms with E-state index in [1.54, 1.807) is 62.6 Å². The molecular formula is C16H18N2O3. The monoisotopic (exact) mass is 286 g/mol. The second kappa shape index (κ2) is 6.76. The van der Waals surface area contributed by atoms with Gasteiger partial charge in [-0.05, 0) is 48.9 Å². The standard InChI is InChI=1S/C16H18N2O3/c1-11(19)12-4-3-5-14(10-12)18-16(20)17-13-6-8-15(21-2)9-7-13/h3-11,19H,1-2H3,(H2,17,18,20). The van der Waals surface area contributed by atoms with Gasteiger partial charge >= 0.3 is 6.03 Å². The van der Waals surface area contributed by atoms with Crippen LogP contribution in [0.2, 0.25) is 0 Å². The van der Waals surface area contributed by atoms with E-state index in [1.807, 2.05) is 0 Å². The van der Waals surface area contributed by atoms with Crippen molar-refractivity contribution in [3.05, 3.63) is 54.1 Å². The Morgan fingerprint density at radius 1 is 1.10 bits per heavy atom. The van der Waals surface area contributed by atoms with E-state index in [0.29, 0.717) is 11.4 Å². The SMILES string of the molecule is COc1ccc(NC(=O)Nc2cccc(C(C)O)c2)cc1. The van der Waals surface area contributed by atoms with Gasteiger partial charge in [-0.1, -0.05) is 12.1 Å². The minimum Gasteiger partial charge on any atom is -0.497 e. The van der Waals surface area contributed by atoms with E-state index in [-0.39, 0.29) is 6.03 Å². The van der Waals surface area contributed by atoms with Crippen LogP contribution in [0, 0.1) is 0 Å². The Bertz CT molecular complexity index is 609. The Labute approximate surface area is 123 Å². The number of urea groups is 1. The normalized spacial score (nSPS) is 11.6. The minimum absolute atomic E-state index is 0.345. The molecule has 0 aromatic heterocycles.